The number of rotatable bonds is 4. The SMILES string of the molecule is CCC(=O)N1CCC(c2nc(Cc3cccs3)no2)C1. The minimum atomic E-state index is 0.190. The normalized spacial score (nSPS) is 18.6. The Morgan fingerprint density at radius 3 is 3.25 bits per heavy atom. The number of hydrogen-bond acceptors (Lipinski definition) is 5. The minimum absolute atomic E-state index is 0.190. The molecule has 20 heavy (non-hydrogen) atoms. The molecule has 1 aliphatic heterocycles. The van der Waals surface area contributed by atoms with Gasteiger partial charge in [0.1, 0.15) is 0 Å². The van der Waals surface area contributed by atoms with Gasteiger partial charge in [-0.25, -0.2) is 0 Å². The van der Waals surface area contributed by atoms with Crippen LogP contribution in [0.25, 0.3) is 0 Å². The molecule has 6 heteroatoms. The summed E-state index contributed by atoms with van der Waals surface area (Å²) in [6.45, 7) is 3.38. The van der Waals surface area contributed by atoms with Gasteiger partial charge in [0.2, 0.25) is 11.8 Å². The van der Waals surface area contributed by atoms with E-state index in [4.69, 9.17) is 4.52 Å². The second-order valence-corrected chi connectivity index (χ2v) is 6.02. The smallest absolute Gasteiger partial charge is 0.231 e. The van der Waals surface area contributed by atoms with Crippen molar-refractivity contribution >= 4 is 17.2 Å². The molecule has 3 rings (SSSR count). The summed E-state index contributed by atoms with van der Waals surface area (Å²) in [4.78, 5) is 19.3. The Morgan fingerprint density at radius 2 is 2.50 bits per heavy atom. The number of aromatic nitrogens is 2. The van der Waals surface area contributed by atoms with Crippen LogP contribution in [-0.4, -0.2) is 34.0 Å². The summed E-state index contributed by atoms with van der Waals surface area (Å²) in [5.41, 5.74) is 0. The Bertz CT molecular complexity index is 579. The summed E-state index contributed by atoms with van der Waals surface area (Å²) >= 11 is 1.69. The molecule has 0 aromatic carbocycles. The van der Waals surface area contributed by atoms with E-state index >= 15 is 0 Å². The van der Waals surface area contributed by atoms with E-state index < -0.39 is 0 Å². The first-order valence-corrected chi connectivity index (χ1v) is 7.77. The molecule has 0 N–H and O–H groups in total. The topological polar surface area (TPSA) is 59.2 Å². The maximum absolute atomic E-state index is 11.7. The summed E-state index contributed by atoms with van der Waals surface area (Å²) in [5.74, 6) is 1.78. The highest BCUT2D eigenvalue weighted by Crippen LogP contribution is 2.26. The van der Waals surface area contributed by atoms with Crippen LogP contribution >= 0.6 is 11.3 Å². The number of likely N-dealkylation sites (tertiary alicyclic amines) is 1. The lowest BCUT2D eigenvalue weighted by Gasteiger charge is -2.13. The van der Waals surface area contributed by atoms with Gasteiger partial charge < -0.3 is 9.42 Å². The van der Waals surface area contributed by atoms with Crippen LogP contribution in [0.3, 0.4) is 0 Å². The molecule has 0 saturated carbocycles. The molecule has 0 radical (unpaired) electrons. The average Bonchev–Trinajstić information content (AvgIpc) is 3.18. The van der Waals surface area contributed by atoms with Gasteiger partial charge in [0.15, 0.2) is 5.82 Å². The molecule has 1 aliphatic rings. The van der Waals surface area contributed by atoms with Gasteiger partial charge in [0, 0.05) is 30.8 Å². The van der Waals surface area contributed by atoms with Crippen molar-refractivity contribution in [1.29, 1.82) is 0 Å². The fraction of sp³-hybridized carbons (Fsp3) is 0.500. The Kier molecular flexibility index (Phi) is 3.82. The van der Waals surface area contributed by atoms with Crippen LogP contribution in [0, 0.1) is 0 Å². The highest BCUT2D eigenvalue weighted by atomic mass is 32.1. The van der Waals surface area contributed by atoms with E-state index in [1.165, 1.54) is 4.88 Å². The number of nitrogens with zero attached hydrogens (tertiary/aromatic N) is 3. The standard InChI is InChI=1S/C14H17N3O2S/c1-2-13(18)17-6-5-10(9-17)14-15-12(16-19-14)8-11-4-3-7-20-11/h3-4,7,10H,2,5-6,8-9H2,1H3. The van der Waals surface area contributed by atoms with Gasteiger partial charge in [0.05, 0.1) is 5.92 Å². The fourth-order valence-corrected chi connectivity index (χ4v) is 3.19. The molecule has 1 saturated heterocycles. The van der Waals surface area contributed by atoms with E-state index in [-0.39, 0.29) is 11.8 Å². The Hall–Kier alpha value is -1.69. The molecule has 1 atom stereocenters. The van der Waals surface area contributed by atoms with E-state index in [1.807, 2.05) is 23.3 Å². The Balaban J connectivity index is 1.64. The molecule has 2 aromatic heterocycles. The molecule has 1 unspecified atom stereocenters. The zero-order chi connectivity index (χ0) is 13.9. The largest absolute Gasteiger partial charge is 0.342 e. The highest BCUT2D eigenvalue weighted by molar-refractivity contribution is 7.09. The molecule has 5 nitrogen and oxygen atoms in total. The highest BCUT2D eigenvalue weighted by Gasteiger charge is 2.30. The number of carbonyl (C=O) groups excluding carboxylic acids is 1. The second kappa shape index (κ2) is 5.75. The van der Waals surface area contributed by atoms with Gasteiger partial charge in [-0.15, -0.1) is 11.3 Å². The van der Waals surface area contributed by atoms with E-state index in [2.05, 4.69) is 16.2 Å². The zero-order valence-electron chi connectivity index (χ0n) is 11.4. The molecule has 0 aliphatic carbocycles. The third-order valence-corrected chi connectivity index (χ3v) is 4.47. The lowest BCUT2D eigenvalue weighted by Crippen LogP contribution is -2.27. The van der Waals surface area contributed by atoms with Gasteiger partial charge in [-0.3, -0.25) is 4.79 Å². The van der Waals surface area contributed by atoms with Crippen molar-refractivity contribution in [1.82, 2.24) is 15.0 Å². The van der Waals surface area contributed by atoms with Crippen molar-refractivity contribution in [2.45, 2.75) is 32.1 Å². The molecule has 2 aromatic rings. The predicted octanol–water partition coefficient (Wildman–Crippen LogP) is 2.45. The molecular formula is C14H17N3O2S. The quantitative estimate of drug-likeness (QED) is 0.868. The van der Waals surface area contributed by atoms with Crippen molar-refractivity contribution in [3.05, 3.63) is 34.1 Å². The van der Waals surface area contributed by atoms with E-state index in [1.54, 1.807) is 11.3 Å². The molecule has 1 amide bonds. The van der Waals surface area contributed by atoms with Gasteiger partial charge in [-0.1, -0.05) is 18.1 Å². The summed E-state index contributed by atoms with van der Waals surface area (Å²) in [6.07, 6.45) is 2.18. The van der Waals surface area contributed by atoms with Crippen molar-refractivity contribution in [3.63, 3.8) is 0 Å². The first-order chi connectivity index (χ1) is 9.76. The molecule has 3 heterocycles. The van der Waals surface area contributed by atoms with Gasteiger partial charge in [-0.05, 0) is 17.9 Å². The molecule has 1 fully saturated rings. The molecular weight excluding hydrogens is 274 g/mol. The molecule has 0 spiro atoms. The Labute approximate surface area is 121 Å². The lowest BCUT2D eigenvalue weighted by molar-refractivity contribution is -0.129. The van der Waals surface area contributed by atoms with E-state index in [9.17, 15) is 4.79 Å². The van der Waals surface area contributed by atoms with E-state index in [0.717, 1.165) is 18.8 Å². The first kappa shape index (κ1) is 13.3. The number of amides is 1. The number of thiophene rings is 1. The molecule has 0 bridgehead atoms. The van der Waals surface area contributed by atoms with Crippen LogP contribution in [0.15, 0.2) is 22.0 Å². The summed E-state index contributed by atoms with van der Waals surface area (Å²) in [7, 11) is 0. The van der Waals surface area contributed by atoms with Crippen molar-refractivity contribution in [2.75, 3.05) is 13.1 Å². The minimum Gasteiger partial charge on any atom is -0.342 e. The van der Waals surface area contributed by atoms with Crippen molar-refractivity contribution in [2.24, 2.45) is 0 Å². The van der Waals surface area contributed by atoms with Gasteiger partial charge in [-0.2, -0.15) is 4.98 Å². The number of carbonyl (C=O) groups is 1. The maximum atomic E-state index is 11.7. The second-order valence-electron chi connectivity index (χ2n) is 4.98. The van der Waals surface area contributed by atoms with Crippen LogP contribution in [0.1, 0.15) is 42.3 Å². The van der Waals surface area contributed by atoms with Crippen LogP contribution in [0.5, 0.6) is 0 Å². The zero-order valence-corrected chi connectivity index (χ0v) is 12.2. The van der Waals surface area contributed by atoms with Crippen LogP contribution < -0.4 is 0 Å². The number of hydrogen-bond donors (Lipinski definition) is 0. The van der Waals surface area contributed by atoms with Crippen LogP contribution in [0.2, 0.25) is 0 Å². The lowest BCUT2D eigenvalue weighted by atomic mass is 10.1. The summed E-state index contributed by atoms with van der Waals surface area (Å²) in [5, 5.41) is 6.09. The van der Waals surface area contributed by atoms with E-state index in [0.29, 0.717) is 25.3 Å². The monoisotopic (exact) mass is 291 g/mol. The summed E-state index contributed by atoms with van der Waals surface area (Å²) in [6, 6.07) is 4.09. The maximum Gasteiger partial charge on any atom is 0.231 e. The summed E-state index contributed by atoms with van der Waals surface area (Å²) < 4.78 is 5.36. The fourth-order valence-electron chi connectivity index (χ4n) is 2.49. The van der Waals surface area contributed by atoms with Crippen molar-refractivity contribution in [3.8, 4) is 0 Å². The third-order valence-electron chi connectivity index (χ3n) is 3.59. The average molecular weight is 291 g/mol. The van der Waals surface area contributed by atoms with Crippen LogP contribution in [0.4, 0.5) is 0 Å². The van der Waals surface area contributed by atoms with Crippen LogP contribution in [-0.2, 0) is 11.2 Å². The predicted molar refractivity (Wildman–Crippen MR) is 75.7 cm³/mol. The Morgan fingerprint density at radius 1 is 1.60 bits per heavy atom. The van der Waals surface area contributed by atoms with Gasteiger partial charge in [0.25, 0.3) is 0 Å². The van der Waals surface area contributed by atoms with Gasteiger partial charge >= 0.3 is 0 Å². The molecule has 106 valence electrons. The third kappa shape index (κ3) is 2.75. The first-order valence-electron chi connectivity index (χ1n) is 6.89. The van der Waals surface area contributed by atoms with Crippen molar-refractivity contribution < 1.29 is 9.32 Å².